The van der Waals surface area contributed by atoms with Crippen molar-refractivity contribution in [2.45, 2.75) is 39.8 Å². The minimum atomic E-state index is -0.706. The summed E-state index contributed by atoms with van der Waals surface area (Å²) in [5.41, 5.74) is 3.88. The topological polar surface area (TPSA) is 67.9 Å². The number of carbonyl (C=O) groups is 2. The van der Waals surface area contributed by atoms with Crippen molar-refractivity contribution in [1.82, 2.24) is 10.2 Å². The van der Waals surface area contributed by atoms with E-state index >= 15 is 0 Å². The second-order valence-electron chi connectivity index (χ2n) is 8.63. The van der Waals surface area contributed by atoms with Gasteiger partial charge in [0.25, 0.3) is 5.91 Å². The molecule has 0 spiro atoms. The Bertz CT molecular complexity index is 1160. The van der Waals surface area contributed by atoms with E-state index in [0.717, 1.165) is 26.7 Å². The summed E-state index contributed by atoms with van der Waals surface area (Å²) in [5.74, 6) is 0.825. The largest absolute Gasteiger partial charge is 0.497 e. The second kappa shape index (κ2) is 13.1. The third-order valence-electron chi connectivity index (χ3n) is 5.88. The quantitative estimate of drug-likeness (QED) is 0.353. The van der Waals surface area contributed by atoms with Crippen LogP contribution in [0.2, 0.25) is 0 Å². The number of hydrogen-bond acceptors (Lipinski definition) is 4. The van der Waals surface area contributed by atoms with Gasteiger partial charge in [-0.2, -0.15) is 0 Å². The standard InChI is InChI=1S/C29H33BrN2O4/c1-5-31-29(34)26(17-22-10-7-6-8-11-22)32(18-23-12-9-13-24(16-23)35-4)27(33)19-36-25-14-20(2)28(30)21(3)15-25/h6-16,26H,5,17-19H2,1-4H3,(H,31,34)/t26-/m1/s1. The van der Waals surface area contributed by atoms with Gasteiger partial charge in [0.1, 0.15) is 17.5 Å². The number of benzene rings is 3. The van der Waals surface area contributed by atoms with E-state index in [9.17, 15) is 9.59 Å². The van der Waals surface area contributed by atoms with Gasteiger partial charge < -0.3 is 19.7 Å². The van der Waals surface area contributed by atoms with Gasteiger partial charge in [0.15, 0.2) is 6.61 Å². The molecule has 1 atom stereocenters. The molecule has 0 radical (unpaired) electrons. The predicted octanol–water partition coefficient (Wildman–Crippen LogP) is 5.23. The highest BCUT2D eigenvalue weighted by atomic mass is 79.9. The number of likely N-dealkylation sites (N-methyl/N-ethyl adjacent to an activating group) is 1. The molecular weight excluding hydrogens is 520 g/mol. The predicted molar refractivity (Wildman–Crippen MR) is 145 cm³/mol. The Morgan fingerprint density at radius 2 is 1.61 bits per heavy atom. The van der Waals surface area contributed by atoms with E-state index in [2.05, 4.69) is 21.2 Å². The molecule has 3 rings (SSSR count). The number of hydrogen-bond donors (Lipinski definition) is 1. The molecule has 36 heavy (non-hydrogen) atoms. The highest BCUT2D eigenvalue weighted by Gasteiger charge is 2.30. The fourth-order valence-electron chi connectivity index (χ4n) is 4.03. The minimum Gasteiger partial charge on any atom is -0.497 e. The molecule has 0 aromatic heterocycles. The highest BCUT2D eigenvalue weighted by molar-refractivity contribution is 9.10. The molecule has 0 aliphatic rings. The van der Waals surface area contributed by atoms with Gasteiger partial charge in [0, 0.05) is 24.0 Å². The highest BCUT2D eigenvalue weighted by Crippen LogP contribution is 2.26. The van der Waals surface area contributed by atoms with E-state index in [1.807, 2.05) is 87.5 Å². The summed E-state index contributed by atoms with van der Waals surface area (Å²) in [5, 5.41) is 2.90. The molecule has 2 amide bonds. The number of aryl methyl sites for hydroxylation is 2. The molecule has 0 saturated heterocycles. The first-order valence-electron chi connectivity index (χ1n) is 12.0. The molecule has 0 aliphatic heterocycles. The van der Waals surface area contributed by atoms with Crippen molar-refractivity contribution in [2.75, 3.05) is 20.3 Å². The van der Waals surface area contributed by atoms with Crippen LogP contribution in [0.3, 0.4) is 0 Å². The lowest BCUT2D eigenvalue weighted by Crippen LogP contribution is -2.51. The normalized spacial score (nSPS) is 11.5. The maximum Gasteiger partial charge on any atom is 0.261 e. The lowest BCUT2D eigenvalue weighted by molar-refractivity contribution is -0.142. The smallest absolute Gasteiger partial charge is 0.261 e. The van der Waals surface area contributed by atoms with Crippen molar-refractivity contribution in [1.29, 1.82) is 0 Å². The van der Waals surface area contributed by atoms with Crippen molar-refractivity contribution in [3.63, 3.8) is 0 Å². The van der Waals surface area contributed by atoms with Crippen molar-refractivity contribution in [2.24, 2.45) is 0 Å². The van der Waals surface area contributed by atoms with Gasteiger partial charge in [-0.3, -0.25) is 9.59 Å². The minimum absolute atomic E-state index is 0.185. The fourth-order valence-corrected chi connectivity index (χ4v) is 4.26. The van der Waals surface area contributed by atoms with Gasteiger partial charge in [0.05, 0.1) is 7.11 Å². The van der Waals surface area contributed by atoms with Gasteiger partial charge in [0.2, 0.25) is 5.91 Å². The summed E-state index contributed by atoms with van der Waals surface area (Å²) in [6, 6.07) is 20.3. The van der Waals surface area contributed by atoms with Gasteiger partial charge in [-0.05, 0) is 67.3 Å². The monoisotopic (exact) mass is 552 g/mol. The van der Waals surface area contributed by atoms with Crippen molar-refractivity contribution in [3.05, 3.63) is 93.5 Å². The maximum atomic E-state index is 13.6. The number of halogens is 1. The van der Waals surface area contributed by atoms with E-state index < -0.39 is 6.04 Å². The summed E-state index contributed by atoms with van der Waals surface area (Å²) in [6.07, 6.45) is 0.388. The van der Waals surface area contributed by atoms with Crippen LogP contribution in [0.25, 0.3) is 0 Å². The Morgan fingerprint density at radius 3 is 2.25 bits per heavy atom. The molecule has 190 valence electrons. The Labute approximate surface area is 221 Å². The zero-order valence-electron chi connectivity index (χ0n) is 21.2. The summed E-state index contributed by atoms with van der Waals surface area (Å²) >= 11 is 3.56. The molecule has 7 heteroatoms. The van der Waals surface area contributed by atoms with Crippen LogP contribution < -0.4 is 14.8 Å². The van der Waals surface area contributed by atoms with E-state index in [4.69, 9.17) is 9.47 Å². The number of ether oxygens (including phenoxy) is 2. The molecule has 0 bridgehead atoms. The summed E-state index contributed by atoms with van der Waals surface area (Å²) in [4.78, 5) is 28.5. The van der Waals surface area contributed by atoms with Crippen LogP contribution in [0, 0.1) is 13.8 Å². The molecule has 0 aliphatic carbocycles. The van der Waals surface area contributed by atoms with Crippen LogP contribution in [0.5, 0.6) is 11.5 Å². The first-order valence-corrected chi connectivity index (χ1v) is 12.7. The Morgan fingerprint density at radius 1 is 0.944 bits per heavy atom. The molecular formula is C29H33BrN2O4. The maximum absolute atomic E-state index is 13.6. The van der Waals surface area contributed by atoms with E-state index in [1.54, 1.807) is 12.0 Å². The summed E-state index contributed by atoms with van der Waals surface area (Å²) in [7, 11) is 1.60. The van der Waals surface area contributed by atoms with Gasteiger partial charge in [-0.1, -0.05) is 58.4 Å². The average Bonchev–Trinajstić information content (AvgIpc) is 2.88. The summed E-state index contributed by atoms with van der Waals surface area (Å²) < 4.78 is 12.3. The van der Waals surface area contributed by atoms with E-state index in [-0.39, 0.29) is 25.0 Å². The first kappa shape index (κ1) is 27.3. The number of rotatable bonds is 11. The van der Waals surface area contributed by atoms with E-state index in [1.165, 1.54) is 0 Å². The van der Waals surface area contributed by atoms with Gasteiger partial charge >= 0.3 is 0 Å². The number of nitrogens with zero attached hydrogens (tertiary/aromatic N) is 1. The van der Waals surface area contributed by atoms with Crippen molar-refractivity contribution < 1.29 is 19.1 Å². The van der Waals surface area contributed by atoms with Gasteiger partial charge in [-0.15, -0.1) is 0 Å². The zero-order valence-corrected chi connectivity index (χ0v) is 22.8. The average molecular weight is 553 g/mol. The molecule has 0 unspecified atom stereocenters. The third-order valence-corrected chi connectivity index (χ3v) is 7.13. The van der Waals surface area contributed by atoms with Crippen molar-refractivity contribution >= 4 is 27.7 Å². The fraction of sp³-hybridized carbons (Fsp3) is 0.310. The van der Waals surface area contributed by atoms with Crippen molar-refractivity contribution in [3.8, 4) is 11.5 Å². The van der Waals surface area contributed by atoms with Gasteiger partial charge in [-0.25, -0.2) is 0 Å². The van der Waals surface area contributed by atoms with Crippen LogP contribution in [-0.2, 0) is 22.6 Å². The van der Waals surface area contributed by atoms with Crippen LogP contribution in [0.4, 0.5) is 0 Å². The lowest BCUT2D eigenvalue weighted by Gasteiger charge is -2.31. The number of methoxy groups -OCH3 is 1. The molecule has 6 nitrogen and oxygen atoms in total. The van der Waals surface area contributed by atoms with Crippen LogP contribution in [0.15, 0.2) is 71.2 Å². The number of carbonyl (C=O) groups excluding carboxylic acids is 2. The Hall–Kier alpha value is -3.32. The number of nitrogens with one attached hydrogen (secondary N) is 1. The second-order valence-corrected chi connectivity index (χ2v) is 9.43. The zero-order chi connectivity index (χ0) is 26.1. The molecule has 0 saturated carbocycles. The first-order chi connectivity index (χ1) is 17.3. The Balaban J connectivity index is 1.91. The summed E-state index contributed by atoms with van der Waals surface area (Å²) in [6.45, 7) is 6.35. The van der Waals surface area contributed by atoms with Crippen LogP contribution >= 0.6 is 15.9 Å². The third kappa shape index (κ3) is 7.34. The number of amides is 2. The molecule has 3 aromatic rings. The SMILES string of the molecule is CCNC(=O)[C@@H](Cc1ccccc1)N(Cc1cccc(OC)c1)C(=O)COc1cc(C)c(Br)c(C)c1. The lowest BCUT2D eigenvalue weighted by atomic mass is 10.0. The van der Waals surface area contributed by atoms with Crippen LogP contribution in [-0.4, -0.2) is 43.0 Å². The molecule has 0 heterocycles. The molecule has 1 N–H and O–H groups in total. The van der Waals surface area contributed by atoms with E-state index in [0.29, 0.717) is 24.5 Å². The molecule has 3 aromatic carbocycles. The van der Waals surface area contributed by atoms with Crippen LogP contribution in [0.1, 0.15) is 29.2 Å². The Kier molecular flexibility index (Phi) is 9.94. The molecule has 0 fully saturated rings.